The Labute approximate surface area is 86.9 Å². The van der Waals surface area contributed by atoms with Crippen LogP contribution in [0.15, 0.2) is 0 Å². The Bertz CT molecular complexity index is 89.4. The molecule has 0 rings (SSSR count). The van der Waals surface area contributed by atoms with Gasteiger partial charge in [0.25, 0.3) is 0 Å². The van der Waals surface area contributed by atoms with Gasteiger partial charge in [0.15, 0.2) is 0 Å². The van der Waals surface area contributed by atoms with E-state index in [1.54, 1.807) is 7.11 Å². The van der Waals surface area contributed by atoms with Crippen LogP contribution in [0, 0.1) is 0 Å². The minimum Gasteiger partial charge on any atom is -0.385 e. The lowest BCUT2D eigenvalue weighted by atomic mass is 10.5. The Balaban J connectivity index is 2.78. The van der Waals surface area contributed by atoms with E-state index >= 15 is 0 Å². The van der Waals surface area contributed by atoms with Gasteiger partial charge in [-0.25, -0.2) is 0 Å². The second-order valence-corrected chi connectivity index (χ2v) is 2.91. The van der Waals surface area contributed by atoms with Crippen molar-refractivity contribution in [2.75, 3.05) is 53.2 Å². The van der Waals surface area contributed by atoms with Gasteiger partial charge >= 0.3 is 0 Å². The Kier molecular flexibility index (Phi) is 12.7. The van der Waals surface area contributed by atoms with E-state index in [9.17, 15) is 0 Å². The van der Waals surface area contributed by atoms with E-state index in [4.69, 9.17) is 14.2 Å². The molecule has 0 saturated carbocycles. The first-order valence-electron chi connectivity index (χ1n) is 5.27. The summed E-state index contributed by atoms with van der Waals surface area (Å²) < 4.78 is 15.4. The quantitative estimate of drug-likeness (QED) is 0.503. The third-order valence-corrected chi connectivity index (χ3v) is 1.69. The number of hydrogen-bond donors (Lipinski definition) is 1. The summed E-state index contributed by atoms with van der Waals surface area (Å²) in [6.07, 6.45) is 0.968. The molecule has 0 aliphatic rings. The van der Waals surface area contributed by atoms with Crippen LogP contribution in [0.3, 0.4) is 0 Å². The number of methoxy groups -OCH3 is 1. The molecule has 0 unspecified atom stereocenters. The molecule has 0 fully saturated rings. The lowest BCUT2D eigenvalue weighted by Crippen LogP contribution is -2.24. The van der Waals surface area contributed by atoms with Crippen molar-refractivity contribution in [3.63, 3.8) is 0 Å². The van der Waals surface area contributed by atoms with Crippen molar-refractivity contribution in [1.29, 1.82) is 0 Å². The van der Waals surface area contributed by atoms with Crippen LogP contribution in [-0.2, 0) is 14.2 Å². The van der Waals surface area contributed by atoms with E-state index in [2.05, 4.69) is 5.32 Å². The third-order valence-electron chi connectivity index (χ3n) is 1.69. The fourth-order valence-corrected chi connectivity index (χ4v) is 0.965. The van der Waals surface area contributed by atoms with Crippen molar-refractivity contribution in [2.45, 2.75) is 13.3 Å². The highest BCUT2D eigenvalue weighted by Crippen LogP contribution is 1.82. The first-order chi connectivity index (χ1) is 6.91. The van der Waals surface area contributed by atoms with Gasteiger partial charge in [0.2, 0.25) is 0 Å². The SMILES string of the molecule is CCOCCNCCOCCCOC. The van der Waals surface area contributed by atoms with E-state index in [-0.39, 0.29) is 0 Å². The summed E-state index contributed by atoms with van der Waals surface area (Å²) in [4.78, 5) is 0. The largest absolute Gasteiger partial charge is 0.385 e. The number of ether oxygens (including phenoxy) is 3. The topological polar surface area (TPSA) is 39.7 Å². The van der Waals surface area contributed by atoms with Crippen molar-refractivity contribution >= 4 is 0 Å². The van der Waals surface area contributed by atoms with Gasteiger partial charge < -0.3 is 19.5 Å². The molecule has 0 spiro atoms. The Morgan fingerprint density at radius 3 is 2.29 bits per heavy atom. The fraction of sp³-hybridized carbons (Fsp3) is 1.00. The van der Waals surface area contributed by atoms with Crippen molar-refractivity contribution < 1.29 is 14.2 Å². The van der Waals surface area contributed by atoms with Crippen LogP contribution >= 0.6 is 0 Å². The summed E-state index contributed by atoms with van der Waals surface area (Å²) in [5.74, 6) is 0. The maximum absolute atomic E-state index is 5.36. The summed E-state index contributed by atoms with van der Waals surface area (Å²) in [6.45, 7) is 7.66. The lowest BCUT2D eigenvalue weighted by Gasteiger charge is -2.05. The van der Waals surface area contributed by atoms with Crippen LogP contribution in [0.2, 0.25) is 0 Å². The normalized spacial score (nSPS) is 10.7. The van der Waals surface area contributed by atoms with Gasteiger partial charge in [-0.3, -0.25) is 0 Å². The summed E-state index contributed by atoms with van der Waals surface area (Å²) >= 11 is 0. The maximum atomic E-state index is 5.36. The molecule has 0 aliphatic carbocycles. The molecule has 0 saturated heterocycles. The molecule has 0 aromatic rings. The second kappa shape index (κ2) is 12.8. The molecule has 0 heterocycles. The standard InChI is InChI=1S/C10H23NO3/c1-3-13-9-5-11-6-10-14-8-4-7-12-2/h11H,3-10H2,1-2H3. The molecular formula is C10H23NO3. The number of hydrogen-bond acceptors (Lipinski definition) is 4. The molecule has 4 nitrogen and oxygen atoms in total. The summed E-state index contributed by atoms with van der Waals surface area (Å²) in [5, 5.41) is 3.23. The molecule has 86 valence electrons. The molecule has 0 aromatic heterocycles. The van der Waals surface area contributed by atoms with Gasteiger partial charge in [0.05, 0.1) is 13.2 Å². The maximum Gasteiger partial charge on any atom is 0.0590 e. The van der Waals surface area contributed by atoms with Crippen LogP contribution in [-0.4, -0.2) is 53.2 Å². The van der Waals surface area contributed by atoms with Gasteiger partial charge in [-0.2, -0.15) is 0 Å². The molecule has 0 amide bonds. The number of rotatable bonds is 11. The third kappa shape index (κ3) is 11.8. The Morgan fingerprint density at radius 2 is 1.64 bits per heavy atom. The highest BCUT2D eigenvalue weighted by molar-refractivity contribution is 4.44. The molecule has 1 N–H and O–H groups in total. The van der Waals surface area contributed by atoms with Crippen LogP contribution in [0.1, 0.15) is 13.3 Å². The van der Waals surface area contributed by atoms with Crippen molar-refractivity contribution in [1.82, 2.24) is 5.32 Å². The van der Waals surface area contributed by atoms with E-state index in [0.29, 0.717) is 0 Å². The first-order valence-corrected chi connectivity index (χ1v) is 5.27. The minimum atomic E-state index is 0.760. The molecule has 0 radical (unpaired) electrons. The molecule has 0 atom stereocenters. The van der Waals surface area contributed by atoms with Crippen molar-refractivity contribution in [2.24, 2.45) is 0 Å². The average molecular weight is 205 g/mol. The molecule has 4 heteroatoms. The van der Waals surface area contributed by atoms with Crippen LogP contribution in [0.5, 0.6) is 0 Å². The molecular weight excluding hydrogens is 182 g/mol. The summed E-state index contributed by atoms with van der Waals surface area (Å²) in [7, 11) is 1.70. The molecule has 0 aromatic carbocycles. The van der Waals surface area contributed by atoms with E-state index < -0.39 is 0 Å². The molecule has 0 bridgehead atoms. The monoisotopic (exact) mass is 205 g/mol. The van der Waals surface area contributed by atoms with E-state index in [1.165, 1.54) is 0 Å². The zero-order valence-electron chi connectivity index (χ0n) is 9.38. The summed E-state index contributed by atoms with van der Waals surface area (Å²) in [6, 6.07) is 0. The lowest BCUT2D eigenvalue weighted by molar-refractivity contribution is 0.101. The van der Waals surface area contributed by atoms with E-state index in [0.717, 1.165) is 52.5 Å². The van der Waals surface area contributed by atoms with Crippen LogP contribution < -0.4 is 5.32 Å². The van der Waals surface area contributed by atoms with Crippen LogP contribution in [0.25, 0.3) is 0 Å². The number of nitrogens with one attached hydrogen (secondary N) is 1. The highest BCUT2D eigenvalue weighted by atomic mass is 16.5. The smallest absolute Gasteiger partial charge is 0.0590 e. The zero-order chi connectivity index (χ0) is 10.5. The van der Waals surface area contributed by atoms with Gasteiger partial charge in [0, 0.05) is 40.0 Å². The minimum absolute atomic E-state index is 0.760. The van der Waals surface area contributed by atoms with Gasteiger partial charge in [0.1, 0.15) is 0 Å². The van der Waals surface area contributed by atoms with E-state index in [1.807, 2.05) is 6.92 Å². The second-order valence-electron chi connectivity index (χ2n) is 2.91. The van der Waals surface area contributed by atoms with Crippen molar-refractivity contribution in [3.05, 3.63) is 0 Å². The summed E-state index contributed by atoms with van der Waals surface area (Å²) in [5.41, 5.74) is 0. The Morgan fingerprint density at radius 1 is 0.929 bits per heavy atom. The fourth-order valence-electron chi connectivity index (χ4n) is 0.965. The first kappa shape index (κ1) is 13.8. The van der Waals surface area contributed by atoms with Crippen molar-refractivity contribution in [3.8, 4) is 0 Å². The van der Waals surface area contributed by atoms with Gasteiger partial charge in [-0.1, -0.05) is 0 Å². The average Bonchev–Trinajstić information content (AvgIpc) is 2.21. The van der Waals surface area contributed by atoms with Gasteiger partial charge in [-0.05, 0) is 13.3 Å². The molecule has 0 aliphatic heterocycles. The Hall–Kier alpha value is -0.160. The molecule has 14 heavy (non-hydrogen) atoms. The van der Waals surface area contributed by atoms with Gasteiger partial charge in [-0.15, -0.1) is 0 Å². The predicted molar refractivity (Wildman–Crippen MR) is 56.7 cm³/mol. The van der Waals surface area contributed by atoms with Crippen LogP contribution in [0.4, 0.5) is 0 Å². The highest BCUT2D eigenvalue weighted by Gasteiger charge is 1.89. The predicted octanol–water partition coefficient (Wildman–Crippen LogP) is 0.666. The zero-order valence-corrected chi connectivity index (χ0v) is 9.38.